The average molecular weight is 378 g/mol. The van der Waals surface area contributed by atoms with Crippen LogP contribution in [0.3, 0.4) is 0 Å². The van der Waals surface area contributed by atoms with E-state index in [9.17, 15) is 4.79 Å². The van der Waals surface area contributed by atoms with Gasteiger partial charge in [-0.15, -0.1) is 0 Å². The lowest BCUT2D eigenvalue weighted by atomic mass is 10.2. The number of rotatable bonds is 7. The number of methoxy groups -OCH3 is 1. The number of carbonyl (C=O) groups excluding carboxylic acids is 1. The number of hydrogen-bond acceptors (Lipinski definition) is 6. The monoisotopic (exact) mass is 378 g/mol. The molecule has 0 bridgehead atoms. The van der Waals surface area contributed by atoms with Crippen LogP contribution in [0.15, 0.2) is 76.8 Å². The van der Waals surface area contributed by atoms with E-state index in [4.69, 9.17) is 10.5 Å². The summed E-state index contributed by atoms with van der Waals surface area (Å²) in [7, 11) is 1.64. The van der Waals surface area contributed by atoms with Crippen molar-refractivity contribution in [3.05, 3.63) is 72.4 Å². The first-order valence-electron chi connectivity index (χ1n) is 8.12. The number of amides is 1. The second kappa shape index (κ2) is 8.86. The van der Waals surface area contributed by atoms with Crippen LogP contribution >= 0.6 is 11.8 Å². The molecule has 3 aromatic rings. The minimum atomic E-state index is -0.476. The van der Waals surface area contributed by atoms with E-state index in [2.05, 4.69) is 15.3 Å². The molecular weight excluding hydrogens is 360 g/mol. The van der Waals surface area contributed by atoms with Crippen LogP contribution in [0.4, 0.5) is 11.6 Å². The Morgan fingerprint density at radius 2 is 2.00 bits per heavy atom. The number of carbonyl (C=O) groups is 1. The molecule has 0 saturated carbocycles. The predicted octanol–water partition coefficient (Wildman–Crippen LogP) is 3.88. The van der Waals surface area contributed by atoms with Gasteiger partial charge in [-0.3, -0.25) is 4.79 Å². The number of hydrogen-bond donors (Lipinski definition) is 2. The lowest BCUT2D eigenvalue weighted by Gasteiger charge is -2.07. The Kier molecular flexibility index (Phi) is 6.06. The van der Waals surface area contributed by atoms with Crippen LogP contribution in [0.2, 0.25) is 0 Å². The summed E-state index contributed by atoms with van der Waals surface area (Å²) in [6.07, 6.45) is 4.70. The van der Waals surface area contributed by atoms with E-state index < -0.39 is 5.91 Å². The summed E-state index contributed by atoms with van der Waals surface area (Å²) in [5.74, 6) is 0.831. The standard InChI is InChI=1S/C20H18N4O2S/c1-26-16-3-2-4-17(13-16)27-19-11-12-22-20(24-19)23-15-8-5-14(6-9-15)7-10-18(21)25/h2-13H,1H3,(H2,21,25)(H,22,23,24). The molecule has 0 atom stereocenters. The normalized spacial score (nSPS) is 10.7. The zero-order chi connectivity index (χ0) is 19.1. The molecular formula is C20H18N4O2S. The fraction of sp³-hybridized carbons (Fsp3) is 0.0500. The van der Waals surface area contributed by atoms with Crippen LogP contribution in [-0.4, -0.2) is 23.0 Å². The van der Waals surface area contributed by atoms with Gasteiger partial charge in [0, 0.05) is 22.9 Å². The molecule has 1 aromatic heterocycles. The van der Waals surface area contributed by atoms with Gasteiger partial charge in [-0.2, -0.15) is 0 Å². The number of nitrogens with zero attached hydrogens (tertiary/aromatic N) is 2. The van der Waals surface area contributed by atoms with Gasteiger partial charge in [0.1, 0.15) is 10.8 Å². The fourth-order valence-electron chi connectivity index (χ4n) is 2.23. The summed E-state index contributed by atoms with van der Waals surface area (Å²) in [6, 6.07) is 17.2. The highest BCUT2D eigenvalue weighted by Gasteiger charge is 2.04. The smallest absolute Gasteiger partial charge is 0.241 e. The quantitative estimate of drug-likeness (QED) is 0.479. The molecule has 0 spiro atoms. The van der Waals surface area contributed by atoms with Crippen LogP contribution in [-0.2, 0) is 4.79 Å². The van der Waals surface area contributed by atoms with Gasteiger partial charge in [0.2, 0.25) is 11.9 Å². The van der Waals surface area contributed by atoms with E-state index in [0.29, 0.717) is 5.95 Å². The fourth-order valence-corrected chi connectivity index (χ4v) is 3.05. The molecule has 0 unspecified atom stereocenters. The highest BCUT2D eigenvalue weighted by atomic mass is 32.2. The minimum absolute atomic E-state index is 0.476. The molecule has 0 aliphatic rings. The number of benzene rings is 2. The zero-order valence-electron chi connectivity index (χ0n) is 14.6. The first-order valence-corrected chi connectivity index (χ1v) is 8.93. The van der Waals surface area contributed by atoms with E-state index in [0.717, 1.165) is 26.9 Å². The highest BCUT2D eigenvalue weighted by molar-refractivity contribution is 7.99. The number of anilines is 2. The molecule has 0 fully saturated rings. The van der Waals surface area contributed by atoms with Crippen molar-refractivity contribution in [1.82, 2.24) is 9.97 Å². The molecule has 0 aliphatic heterocycles. The topological polar surface area (TPSA) is 90.1 Å². The Morgan fingerprint density at radius 1 is 1.19 bits per heavy atom. The molecule has 27 heavy (non-hydrogen) atoms. The average Bonchev–Trinajstić information content (AvgIpc) is 2.68. The number of primary amides is 1. The summed E-state index contributed by atoms with van der Waals surface area (Å²) < 4.78 is 5.25. The third-order valence-corrected chi connectivity index (χ3v) is 4.43. The van der Waals surface area contributed by atoms with Crippen molar-refractivity contribution < 1.29 is 9.53 Å². The summed E-state index contributed by atoms with van der Waals surface area (Å²) >= 11 is 1.53. The minimum Gasteiger partial charge on any atom is -0.497 e. The van der Waals surface area contributed by atoms with Gasteiger partial charge in [0.15, 0.2) is 0 Å². The van der Waals surface area contributed by atoms with Crippen LogP contribution < -0.4 is 15.8 Å². The predicted molar refractivity (Wildman–Crippen MR) is 107 cm³/mol. The van der Waals surface area contributed by atoms with Gasteiger partial charge in [-0.25, -0.2) is 9.97 Å². The number of ether oxygens (including phenoxy) is 1. The Morgan fingerprint density at radius 3 is 2.74 bits per heavy atom. The molecule has 0 aliphatic carbocycles. The second-order valence-corrected chi connectivity index (χ2v) is 6.58. The Bertz CT molecular complexity index is 958. The van der Waals surface area contributed by atoms with Crippen molar-refractivity contribution in [3.63, 3.8) is 0 Å². The lowest BCUT2D eigenvalue weighted by Crippen LogP contribution is -2.05. The van der Waals surface area contributed by atoms with Crippen LogP contribution in [0.5, 0.6) is 5.75 Å². The molecule has 3 rings (SSSR count). The zero-order valence-corrected chi connectivity index (χ0v) is 15.4. The third-order valence-electron chi connectivity index (χ3n) is 3.50. The SMILES string of the molecule is COc1cccc(Sc2ccnc(Nc3ccc(C=CC(N)=O)cc3)n2)c1. The number of aromatic nitrogens is 2. The largest absolute Gasteiger partial charge is 0.497 e. The van der Waals surface area contributed by atoms with E-state index in [1.54, 1.807) is 19.4 Å². The number of nitrogens with one attached hydrogen (secondary N) is 1. The molecule has 136 valence electrons. The molecule has 6 nitrogen and oxygen atoms in total. The van der Waals surface area contributed by atoms with Crippen molar-refractivity contribution in [2.24, 2.45) is 5.73 Å². The maximum atomic E-state index is 10.8. The third kappa shape index (κ3) is 5.58. The molecule has 2 aromatic carbocycles. The second-order valence-electron chi connectivity index (χ2n) is 5.48. The van der Waals surface area contributed by atoms with Gasteiger partial charge in [0.25, 0.3) is 0 Å². The van der Waals surface area contributed by atoms with Crippen molar-refractivity contribution in [2.75, 3.05) is 12.4 Å². The lowest BCUT2D eigenvalue weighted by molar-refractivity contribution is -0.113. The Labute approximate surface area is 161 Å². The van der Waals surface area contributed by atoms with Crippen molar-refractivity contribution >= 4 is 35.4 Å². The van der Waals surface area contributed by atoms with Crippen molar-refractivity contribution in [2.45, 2.75) is 9.92 Å². The Hall–Kier alpha value is -3.32. The van der Waals surface area contributed by atoms with Gasteiger partial charge in [-0.05, 0) is 48.0 Å². The van der Waals surface area contributed by atoms with Crippen molar-refractivity contribution in [1.29, 1.82) is 0 Å². The van der Waals surface area contributed by atoms with Crippen LogP contribution in [0.1, 0.15) is 5.56 Å². The van der Waals surface area contributed by atoms with E-state index in [1.807, 2.05) is 54.6 Å². The van der Waals surface area contributed by atoms with Crippen molar-refractivity contribution in [3.8, 4) is 5.75 Å². The number of nitrogens with two attached hydrogens (primary N) is 1. The molecule has 0 radical (unpaired) electrons. The van der Waals surface area contributed by atoms with Gasteiger partial charge in [0.05, 0.1) is 7.11 Å². The summed E-state index contributed by atoms with van der Waals surface area (Å²) in [4.78, 5) is 20.6. The summed E-state index contributed by atoms with van der Waals surface area (Å²) in [6.45, 7) is 0. The molecule has 3 N–H and O–H groups in total. The highest BCUT2D eigenvalue weighted by Crippen LogP contribution is 2.29. The summed E-state index contributed by atoms with van der Waals surface area (Å²) in [5, 5.41) is 3.99. The van der Waals surface area contributed by atoms with Gasteiger partial charge < -0.3 is 15.8 Å². The first kappa shape index (κ1) is 18.5. The van der Waals surface area contributed by atoms with Crippen LogP contribution in [0, 0.1) is 0 Å². The summed E-state index contributed by atoms with van der Waals surface area (Å²) in [5.41, 5.74) is 6.81. The maximum Gasteiger partial charge on any atom is 0.241 e. The van der Waals surface area contributed by atoms with E-state index in [1.165, 1.54) is 17.8 Å². The van der Waals surface area contributed by atoms with Crippen LogP contribution in [0.25, 0.3) is 6.08 Å². The van der Waals surface area contributed by atoms with E-state index >= 15 is 0 Å². The molecule has 1 heterocycles. The Balaban J connectivity index is 1.69. The van der Waals surface area contributed by atoms with E-state index in [-0.39, 0.29) is 0 Å². The van der Waals surface area contributed by atoms with Gasteiger partial charge in [-0.1, -0.05) is 30.0 Å². The first-order chi connectivity index (χ1) is 13.1. The molecule has 7 heteroatoms. The maximum absolute atomic E-state index is 10.8. The molecule has 1 amide bonds. The van der Waals surface area contributed by atoms with Gasteiger partial charge >= 0.3 is 0 Å². The molecule has 0 saturated heterocycles.